The molecule has 0 aliphatic heterocycles. The molecule has 0 aromatic carbocycles. The van der Waals surface area contributed by atoms with Gasteiger partial charge in [0.1, 0.15) is 0 Å². The molecule has 58 valence electrons. The zero-order valence-corrected chi connectivity index (χ0v) is 8.73. The fourth-order valence-electron chi connectivity index (χ4n) is 0. The van der Waals surface area contributed by atoms with Gasteiger partial charge in [0.05, 0.1) is 0 Å². The Hall–Kier alpha value is 0.0300. The minimum absolute atomic E-state index is 0. The number of rotatable bonds is 0. The minimum Gasteiger partial charge on any atom is -1.00 e. The van der Waals surface area contributed by atoms with E-state index in [1.165, 1.54) is 0 Å². The van der Waals surface area contributed by atoms with Gasteiger partial charge in [0.25, 0.3) is 5.97 Å². The van der Waals surface area contributed by atoms with Gasteiger partial charge in [-0.3, -0.25) is 10.2 Å². The average molecular weight is 180 g/mol. The van der Waals surface area contributed by atoms with Crippen molar-refractivity contribution in [1.29, 1.82) is 5.41 Å². The van der Waals surface area contributed by atoms with E-state index in [0.717, 1.165) is 6.92 Å². The van der Waals surface area contributed by atoms with Crippen LogP contribution in [-0.2, 0) is 4.79 Å². The van der Waals surface area contributed by atoms with Crippen LogP contribution in [0.15, 0.2) is 0 Å². The summed E-state index contributed by atoms with van der Waals surface area (Å²) in [4.78, 5) is 9.00. The molecular formula is C3H11ClN3NaO2. The number of carboxylic acid groups (broad SMARTS) is 1. The Kier molecular flexibility index (Phi) is 36.0. The fourth-order valence-corrected chi connectivity index (χ4v) is 0. The summed E-state index contributed by atoms with van der Waals surface area (Å²) in [7, 11) is 0. The van der Waals surface area contributed by atoms with E-state index in [1.54, 1.807) is 0 Å². The number of hydrogen-bond donors (Lipinski definition) is 4. The van der Waals surface area contributed by atoms with Gasteiger partial charge in [-0.05, 0) is 0 Å². The van der Waals surface area contributed by atoms with Gasteiger partial charge in [-0.15, -0.1) is 12.4 Å². The first-order valence-electron chi connectivity index (χ1n) is 1.76. The van der Waals surface area contributed by atoms with Crippen molar-refractivity contribution in [2.45, 2.75) is 6.92 Å². The molecule has 0 unspecified atom stereocenters. The minimum atomic E-state index is -0.833. The number of nitrogens with two attached hydrogens (primary N) is 2. The summed E-state index contributed by atoms with van der Waals surface area (Å²) in [5, 5.41) is 13.5. The maximum atomic E-state index is 9.00. The van der Waals surface area contributed by atoms with E-state index >= 15 is 0 Å². The molecular weight excluding hydrogens is 168 g/mol. The van der Waals surface area contributed by atoms with Crippen molar-refractivity contribution in [1.82, 2.24) is 0 Å². The Bertz CT molecular complexity index is 84.6. The molecule has 0 atom stereocenters. The van der Waals surface area contributed by atoms with Crippen molar-refractivity contribution in [3.63, 3.8) is 0 Å². The second kappa shape index (κ2) is 16.0. The first kappa shape index (κ1) is 22.5. The van der Waals surface area contributed by atoms with E-state index in [1.807, 2.05) is 0 Å². The summed E-state index contributed by atoms with van der Waals surface area (Å²) < 4.78 is 0. The van der Waals surface area contributed by atoms with E-state index < -0.39 is 5.97 Å². The van der Waals surface area contributed by atoms with Crippen LogP contribution in [0.25, 0.3) is 0 Å². The molecule has 5 nitrogen and oxygen atoms in total. The van der Waals surface area contributed by atoms with Gasteiger partial charge in [0.15, 0.2) is 5.96 Å². The summed E-state index contributed by atoms with van der Waals surface area (Å²) in [6, 6.07) is 0. The molecule has 0 amide bonds. The molecule has 0 saturated carbocycles. The molecule has 0 aliphatic carbocycles. The van der Waals surface area contributed by atoms with Crippen molar-refractivity contribution in [2.75, 3.05) is 0 Å². The standard InChI is InChI=1S/C2H4O2.CH5N3.ClH.Na.H/c1-2(3)4;2-1(3)4;;;/h1H3,(H,3,4);(H5,2,3,4);1H;;/q;;;+1;-1. The molecule has 0 saturated heterocycles. The second-order valence-corrected chi connectivity index (χ2v) is 0.974. The zero-order valence-electron chi connectivity index (χ0n) is 6.92. The van der Waals surface area contributed by atoms with Crippen LogP contribution in [-0.4, -0.2) is 17.0 Å². The third-order valence-electron chi connectivity index (χ3n) is 0. The van der Waals surface area contributed by atoms with Crippen molar-refractivity contribution >= 4 is 24.3 Å². The van der Waals surface area contributed by atoms with Gasteiger partial charge in [-0.1, -0.05) is 0 Å². The van der Waals surface area contributed by atoms with Crippen LogP contribution in [0, 0.1) is 5.41 Å². The Morgan fingerprint density at radius 2 is 1.60 bits per heavy atom. The summed E-state index contributed by atoms with van der Waals surface area (Å²) >= 11 is 0. The predicted octanol–water partition coefficient (Wildman–Crippen LogP) is -3.53. The smallest absolute Gasteiger partial charge is 1.00 e. The normalized spacial score (nSPS) is 4.90. The van der Waals surface area contributed by atoms with Crippen molar-refractivity contribution < 1.29 is 40.9 Å². The molecule has 6 N–H and O–H groups in total. The van der Waals surface area contributed by atoms with Gasteiger partial charge in [0, 0.05) is 6.92 Å². The first-order chi connectivity index (χ1) is 3.46. The number of hydrogen-bond acceptors (Lipinski definition) is 2. The van der Waals surface area contributed by atoms with E-state index in [9.17, 15) is 0 Å². The molecule has 0 spiro atoms. The molecule has 7 heteroatoms. The van der Waals surface area contributed by atoms with Crippen LogP contribution in [0.2, 0.25) is 0 Å². The third-order valence-corrected chi connectivity index (χ3v) is 0. The third kappa shape index (κ3) is 441000. The SMILES string of the molecule is CC(=O)O.Cl.N=C(N)N.[H-].[Na+]. The maximum Gasteiger partial charge on any atom is 1.00 e. The molecule has 0 rings (SSSR count). The molecule has 0 aliphatic rings. The first-order valence-corrected chi connectivity index (χ1v) is 1.76. The van der Waals surface area contributed by atoms with E-state index in [2.05, 4.69) is 11.5 Å². The summed E-state index contributed by atoms with van der Waals surface area (Å²) in [5.74, 6) is -1.17. The van der Waals surface area contributed by atoms with Crippen LogP contribution in [0.1, 0.15) is 8.35 Å². The molecule has 0 heterocycles. The summed E-state index contributed by atoms with van der Waals surface area (Å²) in [6.07, 6.45) is 0. The Balaban J connectivity index is -0.0000000171. The fraction of sp³-hybridized carbons (Fsp3) is 0.333. The predicted molar refractivity (Wildman–Crippen MR) is 37.8 cm³/mol. The van der Waals surface area contributed by atoms with Gasteiger partial charge in [-0.25, -0.2) is 0 Å². The van der Waals surface area contributed by atoms with E-state index in [-0.39, 0.29) is 49.4 Å². The van der Waals surface area contributed by atoms with Crippen LogP contribution in [0.5, 0.6) is 0 Å². The van der Waals surface area contributed by atoms with Crippen molar-refractivity contribution in [3.05, 3.63) is 0 Å². The monoisotopic (exact) mass is 179 g/mol. The van der Waals surface area contributed by atoms with Crippen LogP contribution in [0.3, 0.4) is 0 Å². The van der Waals surface area contributed by atoms with Crippen LogP contribution in [0.4, 0.5) is 0 Å². The Morgan fingerprint density at radius 3 is 1.60 bits per heavy atom. The Morgan fingerprint density at radius 1 is 1.60 bits per heavy atom. The van der Waals surface area contributed by atoms with Gasteiger partial charge < -0.3 is 18.0 Å². The molecule has 0 aromatic rings. The second-order valence-electron chi connectivity index (χ2n) is 0.974. The van der Waals surface area contributed by atoms with E-state index in [0.29, 0.717) is 0 Å². The van der Waals surface area contributed by atoms with Crippen molar-refractivity contribution in [3.8, 4) is 0 Å². The van der Waals surface area contributed by atoms with Crippen LogP contribution >= 0.6 is 12.4 Å². The summed E-state index contributed by atoms with van der Waals surface area (Å²) in [5.41, 5.74) is 8.94. The number of halogens is 1. The molecule has 10 heavy (non-hydrogen) atoms. The van der Waals surface area contributed by atoms with Gasteiger partial charge in [0.2, 0.25) is 0 Å². The number of carbonyl (C=O) groups is 1. The average Bonchev–Trinajstić information content (AvgIpc) is 1.25. The number of carboxylic acids is 1. The number of nitrogens with one attached hydrogen (secondary N) is 1. The quantitative estimate of drug-likeness (QED) is 0.175. The van der Waals surface area contributed by atoms with E-state index in [4.69, 9.17) is 15.3 Å². The number of aliphatic carboxylic acids is 1. The van der Waals surface area contributed by atoms with Gasteiger partial charge >= 0.3 is 29.6 Å². The molecule has 0 aromatic heterocycles. The zero-order chi connectivity index (χ0) is 7.15. The largest absolute Gasteiger partial charge is 1.00 e. The number of guanidine groups is 1. The molecule has 0 bridgehead atoms. The van der Waals surface area contributed by atoms with Gasteiger partial charge in [-0.2, -0.15) is 0 Å². The summed E-state index contributed by atoms with van der Waals surface area (Å²) in [6.45, 7) is 1.08. The molecule has 0 fully saturated rings. The maximum absolute atomic E-state index is 9.00. The Labute approximate surface area is 88.8 Å². The van der Waals surface area contributed by atoms with Crippen molar-refractivity contribution in [2.24, 2.45) is 11.5 Å². The van der Waals surface area contributed by atoms with Crippen LogP contribution < -0.4 is 41.0 Å². The topological polar surface area (TPSA) is 113 Å². The molecule has 0 radical (unpaired) electrons.